The van der Waals surface area contributed by atoms with Crippen LogP contribution in [-0.4, -0.2) is 12.6 Å². The van der Waals surface area contributed by atoms with Crippen LogP contribution in [0, 0.1) is 17.6 Å². The van der Waals surface area contributed by atoms with Gasteiger partial charge in [-0.1, -0.05) is 26.3 Å². The third kappa shape index (κ3) is 3.08. The summed E-state index contributed by atoms with van der Waals surface area (Å²) in [4.78, 5) is 0. The summed E-state index contributed by atoms with van der Waals surface area (Å²) in [5.41, 5.74) is 0.685. The van der Waals surface area contributed by atoms with E-state index in [1.165, 1.54) is 6.07 Å². The number of hydrogen-bond donors (Lipinski definition) is 1. The molecule has 0 heterocycles. The second-order valence-electron chi connectivity index (χ2n) is 5.53. The zero-order valence-corrected chi connectivity index (χ0v) is 11.0. The fourth-order valence-electron chi connectivity index (χ4n) is 2.88. The molecule has 0 saturated heterocycles. The predicted octanol–water partition coefficient (Wildman–Crippen LogP) is 3.85. The minimum atomic E-state index is -0.494. The molecule has 1 nitrogen and oxygen atoms in total. The Morgan fingerprint density at radius 2 is 2.06 bits per heavy atom. The van der Waals surface area contributed by atoms with Crippen LogP contribution in [0.25, 0.3) is 0 Å². The maximum atomic E-state index is 13.8. The van der Waals surface area contributed by atoms with Gasteiger partial charge >= 0.3 is 0 Å². The third-order valence-corrected chi connectivity index (χ3v) is 3.81. The van der Waals surface area contributed by atoms with Gasteiger partial charge in [-0.3, -0.25) is 0 Å². The van der Waals surface area contributed by atoms with Crippen LogP contribution < -0.4 is 5.32 Å². The van der Waals surface area contributed by atoms with Crippen LogP contribution in [0.1, 0.15) is 44.6 Å². The van der Waals surface area contributed by atoms with E-state index < -0.39 is 11.6 Å². The fraction of sp³-hybridized carbons (Fsp3) is 0.600. The summed E-state index contributed by atoms with van der Waals surface area (Å²) >= 11 is 0. The zero-order valence-electron chi connectivity index (χ0n) is 11.0. The van der Waals surface area contributed by atoms with Gasteiger partial charge in [-0.05, 0) is 42.9 Å². The van der Waals surface area contributed by atoms with Gasteiger partial charge in [0.25, 0.3) is 0 Å². The van der Waals surface area contributed by atoms with Crippen molar-refractivity contribution < 1.29 is 8.78 Å². The number of rotatable bonds is 4. The van der Waals surface area contributed by atoms with Gasteiger partial charge in [0.15, 0.2) is 0 Å². The van der Waals surface area contributed by atoms with Gasteiger partial charge in [0.05, 0.1) is 0 Å². The van der Waals surface area contributed by atoms with Crippen LogP contribution in [0.4, 0.5) is 8.78 Å². The standard InChI is InChI=1S/C15H21F2N/c1-10(2)18-9-11-4-3-5-13(11)14-7-6-12(16)8-15(14)17/h6-8,10-11,13,18H,3-5,9H2,1-2H3. The SMILES string of the molecule is CC(C)NCC1CCCC1c1ccc(F)cc1F. The molecule has 2 rings (SSSR count). The van der Waals surface area contributed by atoms with E-state index in [2.05, 4.69) is 19.2 Å². The molecule has 18 heavy (non-hydrogen) atoms. The van der Waals surface area contributed by atoms with E-state index in [4.69, 9.17) is 0 Å². The average molecular weight is 253 g/mol. The quantitative estimate of drug-likeness (QED) is 0.859. The molecule has 1 aliphatic carbocycles. The first-order valence-corrected chi connectivity index (χ1v) is 6.76. The molecule has 1 fully saturated rings. The van der Waals surface area contributed by atoms with E-state index in [9.17, 15) is 8.78 Å². The van der Waals surface area contributed by atoms with Gasteiger partial charge in [0.2, 0.25) is 0 Å². The van der Waals surface area contributed by atoms with Crippen LogP contribution in [0.2, 0.25) is 0 Å². The van der Waals surface area contributed by atoms with Crippen molar-refractivity contribution in [2.24, 2.45) is 5.92 Å². The van der Waals surface area contributed by atoms with Crippen molar-refractivity contribution in [3.63, 3.8) is 0 Å². The molecule has 1 aromatic rings. The van der Waals surface area contributed by atoms with Gasteiger partial charge in [0, 0.05) is 12.1 Å². The lowest BCUT2D eigenvalue weighted by molar-refractivity contribution is 0.413. The summed E-state index contributed by atoms with van der Waals surface area (Å²) < 4.78 is 26.7. The Balaban J connectivity index is 2.10. The topological polar surface area (TPSA) is 12.0 Å². The van der Waals surface area contributed by atoms with Crippen molar-refractivity contribution in [2.75, 3.05) is 6.54 Å². The molecule has 2 atom stereocenters. The van der Waals surface area contributed by atoms with E-state index in [1.54, 1.807) is 6.07 Å². The lowest BCUT2D eigenvalue weighted by atomic mass is 9.88. The average Bonchev–Trinajstić information content (AvgIpc) is 2.74. The highest BCUT2D eigenvalue weighted by molar-refractivity contribution is 5.24. The third-order valence-electron chi connectivity index (χ3n) is 3.81. The Labute approximate surface area is 108 Å². The van der Waals surface area contributed by atoms with Crippen molar-refractivity contribution in [3.05, 3.63) is 35.4 Å². The highest BCUT2D eigenvalue weighted by Crippen LogP contribution is 2.40. The minimum Gasteiger partial charge on any atom is -0.314 e. The normalized spacial score (nSPS) is 23.8. The second-order valence-corrected chi connectivity index (χ2v) is 5.53. The zero-order chi connectivity index (χ0) is 13.1. The van der Waals surface area contributed by atoms with E-state index in [-0.39, 0.29) is 5.92 Å². The molecule has 100 valence electrons. The van der Waals surface area contributed by atoms with Gasteiger partial charge in [-0.25, -0.2) is 8.78 Å². The highest BCUT2D eigenvalue weighted by Gasteiger charge is 2.30. The lowest BCUT2D eigenvalue weighted by Gasteiger charge is -2.22. The Morgan fingerprint density at radius 3 is 2.72 bits per heavy atom. The van der Waals surface area contributed by atoms with Crippen LogP contribution >= 0.6 is 0 Å². The van der Waals surface area contributed by atoms with Crippen molar-refractivity contribution in [1.29, 1.82) is 0 Å². The summed E-state index contributed by atoms with van der Waals surface area (Å²) in [6.45, 7) is 5.14. The van der Waals surface area contributed by atoms with Gasteiger partial charge in [-0.2, -0.15) is 0 Å². The highest BCUT2D eigenvalue weighted by atomic mass is 19.1. The van der Waals surface area contributed by atoms with Crippen molar-refractivity contribution in [3.8, 4) is 0 Å². The van der Waals surface area contributed by atoms with Crippen LogP contribution in [-0.2, 0) is 0 Å². The number of nitrogens with one attached hydrogen (secondary N) is 1. The molecule has 1 saturated carbocycles. The fourth-order valence-corrected chi connectivity index (χ4v) is 2.88. The van der Waals surface area contributed by atoms with E-state index in [0.29, 0.717) is 17.5 Å². The monoisotopic (exact) mass is 253 g/mol. The molecular formula is C15H21F2N. The minimum absolute atomic E-state index is 0.233. The maximum absolute atomic E-state index is 13.8. The van der Waals surface area contributed by atoms with Crippen molar-refractivity contribution >= 4 is 0 Å². The molecule has 0 aromatic heterocycles. The summed E-state index contributed by atoms with van der Waals surface area (Å²) in [7, 11) is 0. The summed E-state index contributed by atoms with van der Waals surface area (Å²) in [6, 6.07) is 4.43. The smallest absolute Gasteiger partial charge is 0.129 e. The molecule has 0 bridgehead atoms. The molecule has 3 heteroatoms. The summed E-state index contributed by atoms with van der Waals surface area (Å²) in [5.74, 6) is -0.188. The Hall–Kier alpha value is -0.960. The van der Waals surface area contributed by atoms with E-state index >= 15 is 0 Å². The van der Waals surface area contributed by atoms with E-state index in [0.717, 1.165) is 31.9 Å². The Bertz CT molecular complexity index is 403. The first kappa shape index (κ1) is 13.5. The van der Waals surface area contributed by atoms with Crippen molar-refractivity contribution in [1.82, 2.24) is 5.32 Å². The Morgan fingerprint density at radius 1 is 1.28 bits per heavy atom. The van der Waals surface area contributed by atoms with Gasteiger partial charge in [0.1, 0.15) is 11.6 Å². The van der Waals surface area contributed by atoms with Gasteiger partial charge in [-0.15, -0.1) is 0 Å². The lowest BCUT2D eigenvalue weighted by Crippen LogP contribution is -2.30. The van der Waals surface area contributed by atoms with E-state index in [1.807, 2.05) is 0 Å². The molecule has 1 N–H and O–H groups in total. The second kappa shape index (κ2) is 5.79. The van der Waals surface area contributed by atoms with Crippen LogP contribution in [0.15, 0.2) is 18.2 Å². The molecule has 0 aliphatic heterocycles. The van der Waals surface area contributed by atoms with Crippen LogP contribution in [0.3, 0.4) is 0 Å². The van der Waals surface area contributed by atoms with Crippen molar-refractivity contribution in [2.45, 2.75) is 45.1 Å². The predicted molar refractivity (Wildman–Crippen MR) is 69.6 cm³/mol. The summed E-state index contributed by atoms with van der Waals surface area (Å²) in [5, 5.41) is 3.42. The largest absolute Gasteiger partial charge is 0.314 e. The number of hydrogen-bond acceptors (Lipinski definition) is 1. The number of benzene rings is 1. The molecule has 0 radical (unpaired) electrons. The van der Waals surface area contributed by atoms with Gasteiger partial charge < -0.3 is 5.32 Å². The molecule has 1 aliphatic rings. The first-order chi connectivity index (χ1) is 8.58. The molecular weight excluding hydrogens is 232 g/mol. The molecule has 0 amide bonds. The number of halogens is 2. The Kier molecular flexibility index (Phi) is 4.33. The molecule has 2 unspecified atom stereocenters. The molecule has 0 spiro atoms. The molecule has 1 aromatic carbocycles. The summed E-state index contributed by atoms with van der Waals surface area (Å²) in [6.07, 6.45) is 3.26. The maximum Gasteiger partial charge on any atom is 0.129 e. The van der Waals surface area contributed by atoms with Crippen LogP contribution in [0.5, 0.6) is 0 Å². The first-order valence-electron chi connectivity index (χ1n) is 6.76.